The van der Waals surface area contributed by atoms with E-state index in [-0.39, 0.29) is 4.90 Å². The molecular weight excluding hydrogens is 256 g/mol. The second-order valence-corrected chi connectivity index (χ2v) is 5.36. The predicted molar refractivity (Wildman–Crippen MR) is 67.4 cm³/mol. The molecule has 7 nitrogen and oxygen atoms in total. The average Bonchev–Trinajstić information content (AvgIpc) is 2.34. The maximum absolute atomic E-state index is 11.7. The van der Waals surface area contributed by atoms with Gasteiger partial charge in [-0.2, -0.15) is 0 Å². The molecule has 1 aromatic heterocycles. The molecule has 0 atom stereocenters. The van der Waals surface area contributed by atoms with Gasteiger partial charge in [0.1, 0.15) is 10.7 Å². The smallest absolute Gasteiger partial charge is 0.242 e. The van der Waals surface area contributed by atoms with E-state index in [2.05, 4.69) is 15.0 Å². The molecular formula is C10H16N4O3S. The highest BCUT2D eigenvalue weighted by Crippen LogP contribution is 2.10. The first kappa shape index (κ1) is 14.4. The first-order valence-electron chi connectivity index (χ1n) is 5.43. The SMILES string of the molecule is CCCNc1ccc(S(=O)(=O)NCC(N)=O)cn1. The van der Waals surface area contributed by atoms with Gasteiger partial charge in [0.2, 0.25) is 15.9 Å². The summed E-state index contributed by atoms with van der Waals surface area (Å²) >= 11 is 0. The minimum absolute atomic E-state index is 0.00852. The van der Waals surface area contributed by atoms with Crippen molar-refractivity contribution >= 4 is 21.7 Å². The van der Waals surface area contributed by atoms with Crippen LogP contribution in [0.1, 0.15) is 13.3 Å². The number of sulfonamides is 1. The van der Waals surface area contributed by atoms with Crippen LogP contribution in [0.25, 0.3) is 0 Å². The van der Waals surface area contributed by atoms with Crippen LogP contribution in [-0.2, 0) is 14.8 Å². The van der Waals surface area contributed by atoms with Gasteiger partial charge >= 0.3 is 0 Å². The van der Waals surface area contributed by atoms with Crippen LogP contribution in [-0.4, -0.2) is 32.4 Å². The number of hydrogen-bond donors (Lipinski definition) is 3. The van der Waals surface area contributed by atoms with Crippen molar-refractivity contribution in [1.82, 2.24) is 9.71 Å². The third-order valence-electron chi connectivity index (χ3n) is 2.04. The van der Waals surface area contributed by atoms with E-state index in [4.69, 9.17) is 5.73 Å². The number of primary amides is 1. The Labute approximate surface area is 106 Å². The molecule has 0 aliphatic rings. The van der Waals surface area contributed by atoms with Gasteiger partial charge in [0.05, 0.1) is 6.54 Å². The largest absolute Gasteiger partial charge is 0.370 e. The van der Waals surface area contributed by atoms with E-state index in [1.807, 2.05) is 6.92 Å². The molecule has 0 saturated carbocycles. The van der Waals surface area contributed by atoms with E-state index in [1.54, 1.807) is 6.07 Å². The lowest BCUT2D eigenvalue weighted by molar-refractivity contribution is -0.116. The lowest BCUT2D eigenvalue weighted by Crippen LogP contribution is -2.33. The monoisotopic (exact) mass is 272 g/mol. The normalized spacial score (nSPS) is 11.2. The molecule has 1 aromatic rings. The topological polar surface area (TPSA) is 114 Å². The van der Waals surface area contributed by atoms with Crippen molar-refractivity contribution in [3.8, 4) is 0 Å². The summed E-state index contributed by atoms with van der Waals surface area (Å²) in [6, 6.07) is 2.98. The maximum Gasteiger partial charge on any atom is 0.242 e. The number of pyridine rings is 1. The van der Waals surface area contributed by atoms with Gasteiger partial charge in [-0.1, -0.05) is 6.92 Å². The van der Waals surface area contributed by atoms with Crippen molar-refractivity contribution in [2.75, 3.05) is 18.4 Å². The van der Waals surface area contributed by atoms with Gasteiger partial charge in [-0.3, -0.25) is 4.79 Å². The Morgan fingerprint density at radius 1 is 1.44 bits per heavy atom. The standard InChI is InChI=1S/C10H16N4O3S/c1-2-5-12-10-4-3-8(6-13-10)18(16,17)14-7-9(11)15/h3-4,6,14H,2,5,7H2,1H3,(H2,11,15)(H,12,13). The second-order valence-electron chi connectivity index (χ2n) is 3.60. The number of nitrogens with two attached hydrogens (primary N) is 1. The molecule has 0 fully saturated rings. The van der Waals surface area contributed by atoms with Crippen LogP contribution in [0.4, 0.5) is 5.82 Å². The molecule has 0 aliphatic heterocycles. The Morgan fingerprint density at radius 3 is 2.67 bits per heavy atom. The molecule has 0 radical (unpaired) electrons. The van der Waals surface area contributed by atoms with E-state index >= 15 is 0 Å². The van der Waals surface area contributed by atoms with E-state index in [1.165, 1.54) is 12.3 Å². The third-order valence-corrected chi connectivity index (χ3v) is 3.43. The summed E-state index contributed by atoms with van der Waals surface area (Å²) in [6.45, 7) is 2.34. The molecule has 8 heteroatoms. The lowest BCUT2D eigenvalue weighted by Gasteiger charge is -2.06. The quantitative estimate of drug-likeness (QED) is 0.628. The number of carbonyl (C=O) groups is 1. The van der Waals surface area contributed by atoms with Gasteiger partial charge in [-0.15, -0.1) is 0 Å². The lowest BCUT2D eigenvalue weighted by atomic mass is 10.4. The van der Waals surface area contributed by atoms with Crippen LogP contribution in [0.5, 0.6) is 0 Å². The van der Waals surface area contributed by atoms with E-state index in [0.717, 1.165) is 13.0 Å². The van der Waals surface area contributed by atoms with Crippen molar-refractivity contribution in [1.29, 1.82) is 0 Å². The number of hydrogen-bond acceptors (Lipinski definition) is 5. The van der Waals surface area contributed by atoms with Gasteiger partial charge in [0.25, 0.3) is 0 Å². The van der Waals surface area contributed by atoms with Crippen molar-refractivity contribution in [2.24, 2.45) is 5.73 Å². The van der Waals surface area contributed by atoms with Crippen LogP contribution in [0, 0.1) is 0 Å². The summed E-state index contributed by atoms with van der Waals surface area (Å²) in [7, 11) is -3.73. The molecule has 0 bridgehead atoms. The molecule has 18 heavy (non-hydrogen) atoms. The summed E-state index contributed by atoms with van der Waals surface area (Å²) in [5.41, 5.74) is 4.87. The highest BCUT2D eigenvalue weighted by molar-refractivity contribution is 7.89. The number of rotatable bonds is 7. The highest BCUT2D eigenvalue weighted by atomic mass is 32.2. The molecule has 0 saturated heterocycles. The van der Waals surface area contributed by atoms with Crippen molar-refractivity contribution in [2.45, 2.75) is 18.2 Å². The first-order valence-corrected chi connectivity index (χ1v) is 6.92. The Morgan fingerprint density at radius 2 is 2.17 bits per heavy atom. The third kappa shape index (κ3) is 4.30. The maximum atomic E-state index is 11.7. The first-order chi connectivity index (χ1) is 8.45. The minimum atomic E-state index is -3.73. The van der Waals surface area contributed by atoms with E-state index < -0.39 is 22.5 Å². The molecule has 1 amide bonds. The minimum Gasteiger partial charge on any atom is -0.370 e. The van der Waals surface area contributed by atoms with Gasteiger partial charge < -0.3 is 11.1 Å². The second kappa shape index (κ2) is 6.31. The fourth-order valence-electron chi connectivity index (χ4n) is 1.15. The van der Waals surface area contributed by atoms with Crippen LogP contribution < -0.4 is 15.8 Å². The average molecular weight is 272 g/mol. The molecule has 1 rings (SSSR count). The summed E-state index contributed by atoms with van der Waals surface area (Å²) in [6.07, 6.45) is 2.17. The number of amides is 1. The molecule has 0 aromatic carbocycles. The predicted octanol–water partition coefficient (Wildman–Crippen LogP) is -0.333. The Balaban J connectivity index is 2.74. The Kier molecular flexibility index (Phi) is 5.05. The zero-order chi connectivity index (χ0) is 13.6. The van der Waals surface area contributed by atoms with Crippen LogP contribution in [0.3, 0.4) is 0 Å². The summed E-state index contributed by atoms with van der Waals surface area (Å²) in [4.78, 5) is 14.5. The van der Waals surface area contributed by atoms with Gasteiger partial charge in [-0.25, -0.2) is 18.1 Å². The molecule has 0 unspecified atom stereocenters. The zero-order valence-electron chi connectivity index (χ0n) is 10.0. The number of carbonyl (C=O) groups excluding carboxylic acids is 1. The van der Waals surface area contributed by atoms with Gasteiger partial charge in [0.15, 0.2) is 0 Å². The van der Waals surface area contributed by atoms with Crippen molar-refractivity contribution < 1.29 is 13.2 Å². The number of aromatic nitrogens is 1. The Hall–Kier alpha value is -1.67. The van der Waals surface area contributed by atoms with E-state index in [0.29, 0.717) is 5.82 Å². The summed E-state index contributed by atoms with van der Waals surface area (Å²) in [5.74, 6) is -0.140. The number of nitrogens with one attached hydrogen (secondary N) is 2. The Bertz CT molecular complexity index is 498. The fraction of sp³-hybridized carbons (Fsp3) is 0.400. The highest BCUT2D eigenvalue weighted by Gasteiger charge is 2.14. The van der Waals surface area contributed by atoms with Gasteiger partial charge in [0, 0.05) is 12.7 Å². The molecule has 0 spiro atoms. The number of nitrogens with zero attached hydrogens (tertiary/aromatic N) is 1. The molecule has 1 heterocycles. The molecule has 4 N–H and O–H groups in total. The van der Waals surface area contributed by atoms with Crippen molar-refractivity contribution in [3.05, 3.63) is 18.3 Å². The van der Waals surface area contributed by atoms with Crippen LogP contribution in [0.15, 0.2) is 23.2 Å². The molecule has 100 valence electrons. The number of anilines is 1. The van der Waals surface area contributed by atoms with Crippen LogP contribution >= 0.6 is 0 Å². The molecule has 0 aliphatic carbocycles. The van der Waals surface area contributed by atoms with Crippen molar-refractivity contribution in [3.63, 3.8) is 0 Å². The van der Waals surface area contributed by atoms with E-state index in [9.17, 15) is 13.2 Å². The zero-order valence-corrected chi connectivity index (χ0v) is 10.8. The van der Waals surface area contributed by atoms with Crippen LogP contribution in [0.2, 0.25) is 0 Å². The summed E-state index contributed by atoms with van der Waals surface area (Å²) in [5, 5.41) is 3.02. The summed E-state index contributed by atoms with van der Waals surface area (Å²) < 4.78 is 25.4. The van der Waals surface area contributed by atoms with Gasteiger partial charge in [-0.05, 0) is 18.6 Å². The fourth-order valence-corrected chi connectivity index (χ4v) is 2.08.